The number of nitrogens with zero attached hydrogens (tertiary/aromatic N) is 2. The van der Waals surface area contributed by atoms with Gasteiger partial charge in [-0.15, -0.1) is 11.8 Å². The highest BCUT2D eigenvalue weighted by Crippen LogP contribution is 2.26. The van der Waals surface area contributed by atoms with Crippen LogP contribution in [0, 0.1) is 0 Å². The fourth-order valence-electron chi connectivity index (χ4n) is 2.97. The molecule has 0 radical (unpaired) electrons. The smallest absolute Gasteiger partial charge is 0.255 e. The molecule has 0 N–H and O–H groups in total. The van der Waals surface area contributed by atoms with Crippen LogP contribution in [0.4, 0.5) is 0 Å². The van der Waals surface area contributed by atoms with Gasteiger partial charge in [-0.25, -0.2) is 0 Å². The first-order valence-electron chi connectivity index (χ1n) is 8.27. The molecule has 26 heavy (non-hydrogen) atoms. The normalized spacial score (nSPS) is 15.3. The fourth-order valence-corrected chi connectivity index (χ4v) is 4.07. The molecular formula is C19H19Cl3N2OS. The van der Waals surface area contributed by atoms with Gasteiger partial charge in [-0.05, 0) is 42.2 Å². The van der Waals surface area contributed by atoms with Gasteiger partial charge in [0.1, 0.15) is 0 Å². The van der Waals surface area contributed by atoms with Crippen LogP contribution in [-0.4, -0.2) is 48.1 Å². The Hall–Kier alpha value is -0.910. The molecule has 1 saturated heterocycles. The van der Waals surface area contributed by atoms with E-state index in [0.717, 1.165) is 30.1 Å². The van der Waals surface area contributed by atoms with Crippen molar-refractivity contribution < 1.29 is 4.79 Å². The Balaban J connectivity index is 1.62. The zero-order valence-electron chi connectivity index (χ0n) is 14.3. The van der Waals surface area contributed by atoms with E-state index in [2.05, 4.69) is 4.90 Å². The standard InChI is InChI=1S/C19H19Cl3N2OS/c1-26-15-4-5-17(21)16(11-15)19(25)24-8-6-23(7-9-24)12-13-2-3-14(20)10-18(13)22/h2-5,10-11H,6-9,12H2,1H3. The van der Waals surface area contributed by atoms with Gasteiger partial charge < -0.3 is 4.90 Å². The summed E-state index contributed by atoms with van der Waals surface area (Å²) in [5, 5.41) is 1.82. The van der Waals surface area contributed by atoms with Gasteiger partial charge in [0.2, 0.25) is 0 Å². The minimum atomic E-state index is -0.00456. The Morgan fingerprint density at radius 1 is 1.00 bits per heavy atom. The maximum absolute atomic E-state index is 12.8. The van der Waals surface area contributed by atoms with E-state index in [0.29, 0.717) is 33.7 Å². The number of piperazine rings is 1. The average Bonchev–Trinajstić information content (AvgIpc) is 2.64. The Labute approximate surface area is 173 Å². The molecule has 3 nitrogen and oxygen atoms in total. The average molecular weight is 430 g/mol. The molecule has 138 valence electrons. The molecule has 1 amide bonds. The van der Waals surface area contributed by atoms with Crippen molar-refractivity contribution in [2.75, 3.05) is 32.4 Å². The molecule has 0 aromatic heterocycles. The monoisotopic (exact) mass is 428 g/mol. The lowest BCUT2D eigenvalue weighted by molar-refractivity contribution is 0.0628. The van der Waals surface area contributed by atoms with E-state index in [9.17, 15) is 4.79 Å². The van der Waals surface area contributed by atoms with E-state index in [1.165, 1.54) is 0 Å². The molecule has 7 heteroatoms. The minimum absolute atomic E-state index is 0.00456. The molecular weight excluding hydrogens is 411 g/mol. The van der Waals surface area contributed by atoms with Gasteiger partial charge in [-0.1, -0.05) is 40.9 Å². The quantitative estimate of drug-likeness (QED) is 0.614. The molecule has 0 bridgehead atoms. The number of hydrogen-bond donors (Lipinski definition) is 0. The van der Waals surface area contributed by atoms with Crippen molar-refractivity contribution in [3.63, 3.8) is 0 Å². The largest absolute Gasteiger partial charge is 0.336 e. The minimum Gasteiger partial charge on any atom is -0.336 e. The van der Waals surface area contributed by atoms with Gasteiger partial charge in [0, 0.05) is 47.7 Å². The molecule has 0 unspecified atom stereocenters. The summed E-state index contributed by atoms with van der Waals surface area (Å²) in [6.45, 7) is 3.68. The van der Waals surface area contributed by atoms with Crippen molar-refractivity contribution in [2.24, 2.45) is 0 Å². The van der Waals surface area contributed by atoms with Crippen molar-refractivity contribution >= 4 is 52.5 Å². The molecule has 0 aliphatic carbocycles. The second-order valence-corrected chi connectivity index (χ2v) is 8.28. The Kier molecular flexibility index (Phi) is 6.76. The summed E-state index contributed by atoms with van der Waals surface area (Å²) in [5.74, 6) is -0.00456. The molecule has 1 fully saturated rings. The summed E-state index contributed by atoms with van der Waals surface area (Å²) in [4.78, 5) is 18.0. The van der Waals surface area contributed by atoms with E-state index < -0.39 is 0 Å². The first-order valence-corrected chi connectivity index (χ1v) is 10.6. The predicted octanol–water partition coefficient (Wildman–Crippen LogP) is 5.33. The van der Waals surface area contributed by atoms with Gasteiger partial charge in [-0.3, -0.25) is 9.69 Å². The molecule has 1 aliphatic heterocycles. The molecule has 0 spiro atoms. The maximum Gasteiger partial charge on any atom is 0.255 e. The van der Waals surface area contributed by atoms with Crippen LogP contribution >= 0.6 is 46.6 Å². The van der Waals surface area contributed by atoms with Crippen LogP contribution in [0.5, 0.6) is 0 Å². The first-order chi connectivity index (χ1) is 12.5. The Morgan fingerprint density at radius 2 is 1.73 bits per heavy atom. The summed E-state index contributed by atoms with van der Waals surface area (Å²) in [7, 11) is 0. The number of carbonyl (C=O) groups excluding carboxylic acids is 1. The van der Waals surface area contributed by atoms with E-state index in [1.807, 2.05) is 35.4 Å². The summed E-state index contributed by atoms with van der Waals surface area (Å²) in [5.41, 5.74) is 1.62. The van der Waals surface area contributed by atoms with E-state index >= 15 is 0 Å². The van der Waals surface area contributed by atoms with Crippen molar-refractivity contribution in [3.8, 4) is 0 Å². The second-order valence-electron chi connectivity index (χ2n) is 6.15. The summed E-state index contributed by atoms with van der Waals surface area (Å²) in [6.07, 6.45) is 1.98. The molecule has 3 rings (SSSR count). The van der Waals surface area contributed by atoms with E-state index in [1.54, 1.807) is 23.9 Å². The van der Waals surface area contributed by atoms with Gasteiger partial charge in [-0.2, -0.15) is 0 Å². The number of halogens is 3. The van der Waals surface area contributed by atoms with Gasteiger partial charge in [0.15, 0.2) is 0 Å². The number of hydrogen-bond acceptors (Lipinski definition) is 3. The number of thioether (sulfide) groups is 1. The Morgan fingerprint density at radius 3 is 2.38 bits per heavy atom. The van der Waals surface area contributed by atoms with Crippen molar-refractivity contribution in [2.45, 2.75) is 11.4 Å². The summed E-state index contributed by atoms with van der Waals surface area (Å²) in [6, 6.07) is 11.2. The molecule has 2 aromatic rings. The lowest BCUT2D eigenvalue weighted by Crippen LogP contribution is -2.48. The summed E-state index contributed by atoms with van der Waals surface area (Å²) >= 11 is 20.1. The molecule has 0 atom stereocenters. The van der Waals surface area contributed by atoms with Crippen LogP contribution in [0.2, 0.25) is 15.1 Å². The zero-order chi connectivity index (χ0) is 18.7. The van der Waals surface area contributed by atoms with Crippen LogP contribution in [0.3, 0.4) is 0 Å². The lowest BCUT2D eigenvalue weighted by Gasteiger charge is -2.35. The SMILES string of the molecule is CSc1ccc(Cl)c(C(=O)N2CCN(Cc3ccc(Cl)cc3Cl)CC2)c1. The fraction of sp³-hybridized carbons (Fsp3) is 0.316. The van der Waals surface area contributed by atoms with Crippen molar-refractivity contribution in [1.82, 2.24) is 9.80 Å². The maximum atomic E-state index is 12.8. The van der Waals surface area contributed by atoms with Crippen molar-refractivity contribution in [1.29, 1.82) is 0 Å². The first kappa shape index (κ1) is 19.8. The third-order valence-corrected chi connectivity index (χ3v) is 6.11. The highest BCUT2D eigenvalue weighted by atomic mass is 35.5. The molecule has 0 saturated carbocycles. The second kappa shape index (κ2) is 8.85. The van der Waals surface area contributed by atoms with Crippen LogP contribution in [-0.2, 0) is 6.54 Å². The highest BCUT2D eigenvalue weighted by molar-refractivity contribution is 7.98. The van der Waals surface area contributed by atoms with Gasteiger partial charge in [0.25, 0.3) is 5.91 Å². The molecule has 2 aromatic carbocycles. The number of benzene rings is 2. The highest BCUT2D eigenvalue weighted by Gasteiger charge is 2.24. The zero-order valence-corrected chi connectivity index (χ0v) is 17.4. The van der Waals surface area contributed by atoms with Gasteiger partial charge >= 0.3 is 0 Å². The van der Waals surface area contributed by atoms with Crippen LogP contribution in [0.15, 0.2) is 41.3 Å². The van der Waals surface area contributed by atoms with E-state index in [-0.39, 0.29) is 5.91 Å². The predicted molar refractivity (Wildman–Crippen MR) is 111 cm³/mol. The number of carbonyl (C=O) groups is 1. The van der Waals surface area contributed by atoms with Crippen LogP contribution in [0.25, 0.3) is 0 Å². The number of rotatable bonds is 4. The van der Waals surface area contributed by atoms with Crippen molar-refractivity contribution in [3.05, 3.63) is 62.6 Å². The third kappa shape index (κ3) is 4.68. The van der Waals surface area contributed by atoms with Crippen LogP contribution in [0.1, 0.15) is 15.9 Å². The number of amides is 1. The van der Waals surface area contributed by atoms with Gasteiger partial charge in [0.05, 0.1) is 10.6 Å². The topological polar surface area (TPSA) is 23.6 Å². The Bertz CT molecular complexity index is 807. The van der Waals surface area contributed by atoms with Crippen LogP contribution < -0.4 is 0 Å². The molecule has 1 heterocycles. The molecule has 1 aliphatic rings. The lowest BCUT2D eigenvalue weighted by atomic mass is 10.1. The third-order valence-electron chi connectivity index (χ3n) is 4.47. The summed E-state index contributed by atoms with van der Waals surface area (Å²) < 4.78 is 0. The van der Waals surface area contributed by atoms with E-state index in [4.69, 9.17) is 34.8 Å².